The molecule has 0 fully saturated rings. The van der Waals surface area contributed by atoms with Gasteiger partial charge >= 0.3 is 6.18 Å². The molecule has 0 spiro atoms. The van der Waals surface area contributed by atoms with Gasteiger partial charge in [0.25, 0.3) is 5.56 Å². The molecule has 0 saturated heterocycles. The second-order valence-corrected chi connectivity index (χ2v) is 5.75. The van der Waals surface area contributed by atoms with Crippen molar-refractivity contribution in [3.63, 3.8) is 0 Å². The van der Waals surface area contributed by atoms with Gasteiger partial charge in [-0.1, -0.05) is 6.07 Å². The molecule has 0 atom stereocenters. The maximum Gasteiger partial charge on any atom is 0.431 e. The van der Waals surface area contributed by atoms with Crippen LogP contribution in [0.1, 0.15) is 11.3 Å². The number of nitrogen functional groups attached to an aromatic ring is 1. The number of H-pyrrole nitrogens is 1. The van der Waals surface area contributed by atoms with E-state index in [0.717, 1.165) is 12.4 Å². The van der Waals surface area contributed by atoms with Crippen LogP contribution in [0.4, 0.5) is 19.0 Å². The van der Waals surface area contributed by atoms with Gasteiger partial charge in [-0.05, 0) is 24.6 Å². The molecule has 0 aliphatic rings. The Bertz CT molecular complexity index is 1220. The van der Waals surface area contributed by atoms with Crippen molar-refractivity contribution in [2.45, 2.75) is 13.1 Å². The van der Waals surface area contributed by atoms with Gasteiger partial charge in [0.05, 0.1) is 22.8 Å². The first-order chi connectivity index (χ1) is 12.3. The van der Waals surface area contributed by atoms with Gasteiger partial charge in [-0.2, -0.15) is 18.3 Å². The number of alkyl halides is 3. The Morgan fingerprint density at radius 2 is 1.96 bits per heavy atom. The third-order valence-electron chi connectivity index (χ3n) is 4.15. The zero-order chi connectivity index (χ0) is 18.6. The molecule has 7 nitrogen and oxygen atoms in total. The van der Waals surface area contributed by atoms with Gasteiger partial charge in [0, 0.05) is 5.39 Å². The predicted octanol–water partition coefficient (Wildman–Crippen LogP) is 2.57. The summed E-state index contributed by atoms with van der Waals surface area (Å²) in [5.41, 5.74) is 4.45. The summed E-state index contributed by atoms with van der Waals surface area (Å²) in [5.74, 6) is -0.192. The Balaban J connectivity index is 2.25. The molecule has 0 aliphatic carbocycles. The summed E-state index contributed by atoms with van der Waals surface area (Å²) in [6, 6.07) is 4.09. The molecule has 0 saturated carbocycles. The standard InChI is InChI=1S/C16H11F3N6O/c1-7-2-3-10-9(5-23-24-10)13(7)25-11(16(17,18)19)4-8-12(15(25)26)21-6-22-14(8)20/h2-6H,1H3,(H,23,24)(H2,20,21,22). The van der Waals surface area contributed by atoms with E-state index in [4.69, 9.17) is 5.73 Å². The lowest BCUT2D eigenvalue weighted by Gasteiger charge is -2.18. The van der Waals surface area contributed by atoms with Crippen molar-refractivity contribution in [1.29, 1.82) is 0 Å². The first-order valence-electron chi connectivity index (χ1n) is 7.45. The smallest absolute Gasteiger partial charge is 0.383 e. The highest BCUT2D eigenvalue weighted by atomic mass is 19.4. The first-order valence-corrected chi connectivity index (χ1v) is 7.45. The van der Waals surface area contributed by atoms with E-state index in [0.29, 0.717) is 21.0 Å². The molecular weight excluding hydrogens is 349 g/mol. The molecule has 0 bridgehead atoms. The number of anilines is 1. The lowest BCUT2D eigenvalue weighted by Crippen LogP contribution is -2.28. The van der Waals surface area contributed by atoms with E-state index in [2.05, 4.69) is 20.2 Å². The molecule has 132 valence electrons. The van der Waals surface area contributed by atoms with Gasteiger partial charge in [-0.3, -0.25) is 14.5 Å². The maximum absolute atomic E-state index is 13.8. The molecule has 10 heteroatoms. The monoisotopic (exact) mass is 360 g/mol. The van der Waals surface area contributed by atoms with E-state index in [-0.39, 0.29) is 22.4 Å². The fourth-order valence-electron chi connectivity index (χ4n) is 2.98. The molecule has 0 radical (unpaired) electrons. The fraction of sp³-hybridized carbons (Fsp3) is 0.125. The van der Waals surface area contributed by atoms with Crippen LogP contribution in [0.25, 0.3) is 27.5 Å². The number of fused-ring (bicyclic) bond motifs is 2. The van der Waals surface area contributed by atoms with Crippen LogP contribution >= 0.6 is 0 Å². The third-order valence-corrected chi connectivity index (χ3v) is 4.15. The maximum atomic E-state index is 13.8. The van der Waals surface area contributed by atoms with Crippen LogP contribution in [0.3, 0.4) is 0 Å². The summed E-state index contributed by atoms with van der Waals surface area (Å²) in [6.07, 6.45) is -2.38. The minimum atomic E-state index is -4.80. The van der Waals surface area contributed by atoms with Gasteiger partial charge in [-0.25, -0.2) is 9.97 Å². The summed E-state index contributed by atoms with van der Waals surface area (Å²) in [5, 5.41) is 6.80. The second-order valence-electron chi connectivity index (χ2n) is 5.75. The van der Waals surface area contributed by atoms with Gasteiger partial charge in [0.1, 0.15) is 23.4 Å². The summed E-state index contributed by atoms with van der Waals surface area (Å²) in [7, 11) is 0. The third kappa shape index (κ3) is 2.22. The van der Waals surface area contributed by atoms with Crippen LogP contribution in [0.15, 0.2) is 35.5 Å². The number of nitrogens with zero attached hydrogens (tertiary/aromatic N) is 4. The molecule has 0 aliphatic heterocycles. The highest BCUT2D eigenvalue weighted by Crippen LogP contribution is 2.34. The predicted molar refractivity (Wildman–Crippen MR) is 88.9 cm³/mol. The summed E-state index contributed by atoms with van der Waals surface area (Å²) in [4.78, 5) is 20.5. The van der Waals surface area contributed by atoms with E-state index >= 15 is 0 Å². The number of aromatic amines is 1. The van der Waals surface area contributed by atoms with Crippen LogP contribution in [-0.4, -0.2) is 24.7 Å². The van der Waals surface area contributed by atoms with Gasteiger partial charge in [0.2, 0.25) is 0 Å². The topological polar surface area (TPSA) is 102 Å². The van der Waals surface area contributed by atoms with E-state index in [9.17, 15) is 18.0 Å². The Labute approximate surface area is 143 Å². The van der Waals surface area contributed by atoms with E-state index in [1.54, 1.807) is 19.1 Å². The average Bonchev–Trinajstić information content (AvgIpc) is 3.04. The Kier molecular flexibility index (Phi) is 3.26. The molecule has 3 N–H and O–H groups in total. The molecule has 3 heterocycles. The van der Waals surface area contributed by atoms with Crippen molar-refractivity contribution in [2.24, 2.45) is 0 Å². The van der Waals surface area contributed by atoms with Crippen LogP contribution in [0, 0.1) is 6.92 Å². The first kappa shape index (κ1) is 16.1. The van der Waals surface area contributed by atoms with Gasteiger partial charge in [-0.15, -0.1) is 0 Å². The van der Waals surface area contributed by atoms with Crippen molar-refractivity contribution in [3.8, 4) is 5.69 Å². The summed E-state index contributed by atoms with van der Waals surface area (Å²) in [6.45, 7) is 1.62. The summed E-state index contributed by atoms with van der Waals surface area (Å²) < 4.78 is 41.9. The van der Waals surface area contributed by atoms with Crippen LogP contribution in [0.2, 0.25) is 0 Å². The molecule has 3 aromatic heterocycles. The number of hydrogen-bond acceptors (Lipinski definition) is 5. The molecule has 4 aromatic rings. The van der Waals surface area contributed by atoms with Crippen molar-refractivity contribution in [2.75, 3.05) is 5.73 Å². The normalized spacial score (nSPS) is 12.2. The molecular formula is C16H11F3N6O. The van der Waals surface area contributed by atoms with Crippen LogP contribution < -0.4 is 11.3 Å². The van der Waals surface area contributed by atoms with Gasteiger partial charge in [0.15, 0.2) is 0 Å². The highest BCUT2D eigenvalue weighted by Gasteiger charge is 2.37. The minimum Gasteiger partial charge on any atom is -0.383 e. The van der Waals surface area contributed by atoms with E-state index in [1.165, 1.54) is 6.20 Å². The number of halogens is 3. The molecule has 26 heavy (non-hydrogen) atoms. The van der Waals surface area contributed by atoms with E-state index in [1.807, 2.05) is 0 Å². The number of pyridine rings is 1. The van der Waals surface area contributed by atoms with Crippen molar-refractivity contribution in [1.82, 2.24) is 24.7 Å². The zero-order valence-corrected chi connectivity index (χ0v) is 13.3. The van der Waals surface area contributed by atoms with Crippen LogP contribution in [0.5, 0.6) is 0 Å². The number of rotatable bonds is 1. The molecule has 1 aromatic carbocycles. The summed E-state index contributed by atoms with van der Waals surface area (Å²) >= 11 is 0. The Morgan fingerprint density at radius 3 is 2.69 bits per heavy atom. The lowest BCUT2D eigenvalue weighted by atomic mass is 10.1. The Morgan fingerprint density at radius 1 is 1.19 bits per heavy atom. The number of hydrogen-bond donors (Lipinski definition) is 2. The van der Waals surface area contributed by atoms with Crippen molar-refractivity contribution >= 4 is 27.6 Å². The molecule has 4 rings (SSSR count). The number of aryl methyl sites for hydroxylation is 1. The minimum absolute atomic E-state index is 0.0904. The molecule has 0 unspecified atom stereocenters. The average molecular weight is 360 g/mol. The second kappa shape index (κ2) is 5.28. The molecule has 0 amide bonds. The van der Waals surface area contributed by atoms with Crippen molar-refractivity contribution in [3.05, 3.63) is 52.3 Å². The number of nitrogens with two attached hydrogens (primary N) is 1. The quantitative estimate of drug-likeness (QED) is 0.543. The van der Waals surface area contributed by atoms with Gasteiger partial charge < -0.3 is 5.73 Å². The number of aromatic nitrogens is 5. The Hall–Kier alpha value is -3.43. The van der Waals surface area contributed by atoms with E-state index < -0.39 is 17.4 Å². The van der Waals surface area contributed by atoms with Crippen LogP contribution in [-0.2, 0) is 6.18 Å². The zero-order valence-electron chi connectivity index (χ0n) is 13.3. The lowest BCUT2D eigenvalue weighted by molar-refractivity contribution is -0.142. The number of nitrogens with one attached hydrogen (secondary N) is 1. The SMILES string of the molecule is Cc1ccc2[nH]ncc2c1-n1c(C(F)(F)F)cc2c(N)ncnc2c1=O. The highest BCUT2D eigenvalue weighted by molar-refractivity contribution is 5.91. The number of benzene rings is 1. The van der Waals surface area contributed by atoms with Crippen molar-refractivity contribution < 1.29 is 13.2 Å². The fourth-order valence-corrected chi connectivity index (χ4v) is 2.98. The largest absolute Gasteiger partial charge is 0.431 e.